The highest BCUT2D eigenvalue weighted by molar-refractivity contribution is 9.10. The summed E-state index contributed by atoms with van der Waals surface area (Å²) < 4.78 is 11.6. The first-order chi connectivity index (χ1) is 12.9. The molecule has 0 aliphatic carbocycles. The largest absolute Gasteiger partial charge is 0.493 e. The summed E-state index contributed by atoms with van der Waals surface area (Å²) in [5.41, 5.74) is 3.35. The molecule has 0 atom stereocenters. The average molecular weight is 429 g/mol. The van der Waals surface area contributed by atoms with E-state index in [4.69, 9.17) is 9.47 Å². The lowest BCUT2D eigenvalue weighted by molar-refractivity contribution is -0.112. The fraction of sp³-hybridized carbons (Fsp3) is 0.238. The smallest absolute Gasteiger partial charge is 0.266 e. The summed E-state index contributed by atoms with van der Waals surface area (Å²) >= 11 is 3.45. The molecule has 0 aliphatic heterocycles. The van der Waals surface area contributed by atoms with Crippen LogP contribution in [0.25, 0.3) is 6.08 Å². The van der Waals surface area contributed by atoms with Crippen LogP contribution in [0.2, 0.25) is 0 Å². The molecule has 0 fully saturated rings. The predicted molar refractivity (Wildman–Crippen MR) is 110 cm³/mol. The van der Waals surface area contributed by atoms with Gasteiger partial charge in [-0.15, -0.1) is 0 Å². The molecule has 2 aromatic carbocycles. The normalized spacial score (nSPS) is 10.9. The van der Waals surface area contributed by atoms with Crippen molar-refractivity contribution in [3.05, 3.63) is 57.1 Å². The zero-order valence-electron chi connectivity index (χ0n) is 15.7. The van der Waals surface area contributed by atoms with Gasteiger partial charge in [0.05, 0.1) is 13.7 Å². The number of anilines is 1. The standard InChI is InChI=1S/C21H21BrN2O3/c1-5-27-20-10-15(17(22)11-19(20)26-4)9-16(12-23)21(25)24-18-8-6-7-13(2)14(18)3/h6-11H,5H2,1-4H3,(H,24,25)/b16-9+. The van der Waals surface area contributed by atoms with Gasteiger partial charge in [0.2, 0.25) is 0 Å². The molecule has 0 heterocycles. The van der Waals surface area contributed by atoms with Crippen molar-refractivity contribution in [2.45, 2.75) is 20.8 Å². The van der Waals surface area contributed by atoms with E-state index in [1.54, 1.807) is 19.2 Å². The first-order valence-corrected chi connectivity index (χ1v) is 9.20. The van der Waals surface area contributed by atoms with Crippen molar-refractivity contribution in [2.24, 2.45) is 0 Å². The Labute approximate surface area is 167 Å². The number of halogens is 1. The van der Waals surface area contributed by atoms with Crippen molar-refractivity contribution in [1.29, 1.82) is 5.26 Å². The molecule has 0 aromatic heterocycles. The van der Waals surface area contributed by atoms with Crippen LogP contribution in [-0.4, -0.2) is 19.6 Å². The van der Waals surface area contributed by atoms with Crippen LogP contribution in [0.5, 0.6) is 11.5 Å². The van der Waals surface area contributed by atoms with Crippen LogP contribution < -0.4 is 14.8 Å². The van der Waals surface area contributed by atoms with Crippen LogP contribution in [0, 0.1) is 25.2 Å². The Kier molecular flexibility index (Phi) is 7.03. The molecule has 1 amide bonds. The zero-order valence-corrected chi connectivity index (χ0v) is 17.3. The molecule has 0 radical (unpaired) electrons. The lowest BCUT2D eigenvalue weighted by atomic mass is 10.1. The monoisotopic (exact) mass is 428 g/mol. The Morgan fingerprint density at radius 3 is 2.67 bits per heavy atom. The SMILES string of the molecule is CCOc1cc(/C=C(\C#N)C(=O)Nc2cccc(C)c2C)c(Br)cc1OC. The van der Waals surface area contributed by atoms with E-state index in [2.05, 4.69) is 21.2 Å². The molecule has 2 aromatic rings. The molecule has 0 spiro atoms. The highest BCUT2D eigenvalue weighted by atomic mass is 79.9. The van der Waals surface area contributed by atoms with E-state index in [1.165, 1.54) is 6.08 Å². The molecule has 27 heavy (non-hydrogen) atoms. The fourth-order valence-corrected chi connectivity index (χ4v) is 2.91. The third-order valence-corrected chi connectivity index (χ3v) is 4.79. The van der Waals surface area contributed by atoms with Gasteiger partial charge in [-0.25, -0.2) is 0 Å². The van der Waals surface area contributed by atoms with Crippen molar-refractivity contribution in [2.75, 3.05) is 19.0 Å². The molecule has 0 saturated heterocycles. The second-order valence-electron chi connectivity index (χ2n) is 5.83. The number of methoxy groups -OCH3 is 1. The maximum absolute atomic E-state index is 12.6. The van der Waals surface area contributed by atoms with E-state index in [-0.39, 0.29) is 5.57 Å². The van der Waals surface area contributed by atoms with Crippen molar-refractivity contribution < 1.29 is 14.3 Å². The Balaban J connectivity index is 2.37. The number of carbonyl (C=O) groups excluding carboxylic acids is 1. The van der Waals surface area contributed by atoms with Crippen molar-refractivity contribution in [3.63, 3.8) is 0 Å². The number of nitrogens with one attached hydrogen (secondary N) is 1. The molecular formula is C21H21BrN2O3. The minimum Gasteiger partial charge on any atom is -0.493 e. The van der Waals surface area contributed by atoms with Crippen LogP contribution in [0.1, 0.15) is 23.6 Å². The minimum absolute atomic E-state index is 0.00998. The van der Waals surface area contributed by atoms with Gasteiger partial charge in [-0.2, -0.15) is 5.26 Å². The van der Waals surface area contributed by atoms with Crippen LogP contribution in [0.4, 0.5) is 5.69 Å². The van der Waals surface area contributed by atoms with Crippen LogP contribution >= 0.6 is 15.9 Å². The number of hydrogen-bond acceptors (Lipinski definition) is 4. The zero-order chi connectivity index (χ0) is 20.0. The number of benzene rings is 2. The fourth-order valence-electron chi connectivity index (χ4n) is 2.47. The maximum Gasteiger partial charge on any atom is 0.266 e. The van der Waals surface area contributed by atoms with Gasteiger partial charge < -0.3 is 14.8 Å². The maximum atomic E-state index is 12.6. The Morgan fingerprint density at radius 2 is 2.04 bits per heavy atom. The molecular weight excluding hydrogens is 408 g/mol. The van der Waals surface area contributed by atoms with E-state index in [0.29, 0.717) is 33.8 Å². The van der Waals surface area contributed by atoms with E-state index >= 15 is 0 Å². The molecule has 0 aliphatic rings. The van der Waals surface area contributed by atoms with Crippen molar-refractivity contribution in [1.82, 2.24) is 0 Å². The summed E-state index contributed by atoms with van der Waals surface area (Å²) in [6.45, 7) is 6.24. The van der Waals surface area contributed by atoms with Gasteiger partial charge >= 0.3 is 0 Å². The number of carbonyl (C=O) groups is 1. The highest BCUT2D eigenvalue weighted by Gasteiger charge is 2.14. The Bertz CT molecular complexity index is 930. The van der Waals surface area contributed by atoms with Gasteiger partial charge in [0.1, 0.15) is 11.6 Å². The van der Waals surface area contributed by atoms with Gasteiger partial charge in [0.25, 0.3) is 5.91 Å². The first kappa shape index (κ1) is 20.5. The van der Waals surface area contributed by atoms with Gasteiger partial charge in [0, 0.05) is 10.2 Å². The molecule has 5 nitrogen and oxygen atoms in total. The van der Waals surface area contributed by atoms with E-state index in [0.717, 1.165) is 11.1 Å². The number of hydrogen-bond donors (Lipinski definition) is 1. The predicted octanol–water partition coefficient (Wildman–Crippen LogP) is 5.02. The van der Waals surface area contributed by atoms with Gasteiger partial charge in [-0.1, -0.05) is 28.1 Å². The Hall–Kier alpha value is -2.78. The lowest BCUT2D eigenvalue weighted by Crippen LogP contribution is -2.14. The van der Waals surface area contributed by atoms with Crippen molar-refractivity contribution in [3.8, 4) is 17.6 Å². The molecule has 0 unspecified atom stereocenters. The highest BCUT2D eigenvalue weighted by Crippen LogP contribution is 2.34. The number of nitrogens with zero attached hydrogens (tertiary/aromatic N) is 1. The summed E-state index contributed by atoms with van der Waals surface area (Å²) in [5.74, 6) is 0.646. The average Bonchev–Trinajstić information content (AvgIpc) is 2.65. The van der Waals surface area contributed by atoms with Crippen LogP contribution in [-0.2, 0) is 4.79 Å². The van der Waals surface area contributed by atoms with Gasteiger partial charge in [-0.05, 0) is 61.7 Å². The second-order valence-corrected chi connectivity index (χ2v) is 6.68. The molecule has 6 heteroatoms. The summed E-state index contributed by atoms with van der Waals surface area (Å²) in [5, 5.41) is 12.3. The number of nitriles is 1. The molecule has 0 saturated carbocycles. The summed E-state index contributed by atoms with van der Waals surface area (Å²) in [7, 11) is 1.55. The summed E-state index contributed by atoms with van der Waals surface area (Å²) in [6.07, 6.45) is 1.52. The molecule has 2 rings (SSSR count). The third kappa shape index (κ3) is 4.89. The number of amides is 1. The van der Waals surface area contributed by atoms with Crippen molar-refractivity contribution >= 4 is 33.6 Å². The second kappa shape index (κ2) is 9.24. The van der Waals surface area contributed by atoms with Crippen LogP contribution in [0.3, 0.4) is 0 Å². The minimum atomic E-state index is -0.466. The van der Waals surface area contributed by atoms with Crippen LogP contribution in [0.15, 0.2) is 40.4 Å². The van der Waals surface area contributed by atoms with E-state index < -0.39 is 5.91 Å². The van der Waals surface area contributed by atoms with Gasteiger partial charge in [0.15, 0.2) is 11.5 Å². The van der Waals surface area contributed by atoms with E-state index in [9.17, 15) is 10.1 Å². The summed E-state index contributed by atoms with van der Waals surface area (Å²) in [6, 6.07) is 11.1. The lowest BCUT2D eigenvalue weighted by Gasteiger charge is -2.12. The Morgan fingerprint density at radius 1 is 1.30 bits per heavy atom. The van der Waals surface area contributed by atoms with Gasteiger partial charge in [-0.3, -0.25) is 4.79 Å². The topological polar surface area (TPSA) is 71.3 Å². The number of ether oxygens (including phenoxy) is 2. The summed E-state index contributed by atoms with van der Waals surface area (Å²) in [4.78, 5) is 12.6. The first-order valence-electron chi connectivity index (χ1n) is 8.41. The third-order valence-electron chi connectivity index (χ3n) is 4.10. The number of aryl methyl sites for hydroxylation is 1. The number of rotatable bonds is 6. The molecule has 1 N–H and O–H groups in total. The van der Waals surface area contributed by atoms with E-state index in [1.807, 2.05) is 45.0 Å². The molecule has 0 bridgehead atoms. The molecule has 140 valence electrons. The quantitative estimate of drug-likeness (QED) is 0.517.